The number of nitro benzene ring substituents is 1. The van der Waals surface area contributed by atoms with Crippen molar-refractivity contribution in [2.75, 3.05) is 64.8 Å². The lowest BCUT2D eigenvalue weighted by Gasteiger charge is -2.35. The normalized spacial score (nSPS) is 14.1. The summed E-state index contributed by atoms with van der Waals surface area (Å²) >= 11 is 6.18. The number of methoxy groups -OCH3 is 3. The lowest BCUT2D eigenvalue weighted by atomic mass is 10.1. The number of nitro groups is 1. The number of benzene rings is 2. The van der Waals surface area contributed by atoms with Crippen molar-refractivity contribution in [2.45, 2.75) is 0 Å². The van der Waals surface area contributed by atoms with Gasteiger partial charge in [-0.15, -0.1) is 0 Å². The molecule has 11 heteroatoms. The Bertz CT molecular complexity index is 1020. The number of carbonyl (C=O) groups is 1. The Kier molecular flexibility index (Phi) is 7.26. The molecule has 1 saturated heterocycles. The van der Waals surface area contributed by atoms with Gasteiger partial charge in [0.05, 0.1) is 37.6 Å². The first-order valence-electron chi connectivity index (χ1n) is 9.82. The van der Waals surface area contributed by atoms with Gasteiger partial charge in [0.15, 0.2) is 5.75 Å². The van der Waals surface area contributed by atoms with Crippen LogP contribution in [0.15, 0.2) is 24.3 Å². The van der Waals surface area contributed by atoms with E-state index >= 15 is 0 Å². The highest BCUT2D eigenvalue weighted by molar-refractivity contribution is 6.31. The van der Waals surface area contributed by atoms with Crippen LogP contribution in [0.1, 0.15) is 10.4 Å². The molecule has 172 valence electrons. The molecule has 0 atom stereocenters. The number of nitrogens with zero attached hydrogens (tertiary/aromatic N) is 3. The fraction of sp³-hybridized carbons (Fsp3) is 0.381. The maximum absolute atomic E-state index is 13.2. The summed E-state index contributed by atoms with van der Waals surface area (Å²) in [6, 6.07) is 6.45. The molecule has 32 heavy (non-hydrogen) atoms. The monoisotopic (exact) mass is 464 g/mol. The fourth-order valence-corrected chi connectivity index (χ4v) is 3.79. The van der Waals surface area contributed by atoms with Gasteiger partial charge < -0.3 is 29.3 Å². The maximum atomic E-state index is 13.2. The molecule has 0 aliphatic carbocycles. The third-order valence-electron chi connectivity index (χ3n) is 5.28. The first-order chi connectivity index (χ1) is 15.3. The summed E-state index contributed by atoms with van der Waals surface area (Å²) < 4.78 is 15.7. The molecule has 1 N–H and O–H groups in total. The van der Waals surface area contributed by atoms with E-state index in [1.165, 1.54) is 27.4 Å². The molecule has 1 heterocycles. The minimum atomic E-state index is -0.700. The van der Waals surface area contributed by atoms with E-state index in [2.05, 4.69) is 15.1 Å². The average molecular weight is 465 g/mol. The number of hydrogen-bond acceptors (Lipinski definition) is 8. The molecular weight excluding hydrogens is 440 g/mol. The van der Waals surface area contributed by atoms with Gasteiger partial charge in [0, 0.05) is 37.3 Å². The first kappa shape index (κ1) is 23.4. The van der Waals surface area contributed by atoms with Crippen molar-refractivity contribution in [1.29, 1.82) is 0 Å². The van der Waals surface area contributed by atoms with Gasteiger partial charge in [-0.1, -0.05) is 11.6 Å². The zero-order chi connectivity index (χ0) is 23.4. The number of halogens is 1. The van der Waals surface area contributed by atoms with Crippen molar-refractivity contribution in [3.63, 3.8) is 0 Å². The summed E-state index contributed by atoms with van der Waals surface area (Å²) in [5.74, 6) is -0.745. The van der Waals surface area contributed by atoms with Crippen LogP contribution in [0.3, 0.4) is 0 Å². The topological polar surface area (TPSA) is 106 Å². The number of amides is 1. The Morgan fingerprint density at radius 1 is 1.06 bits per heavy atom. The zero-order valence-corrected chi connectivity index (χ0v) is 19.1. The molecule has 10 nitrogen and oxygen atoms in total. The van der Waals surface area contributed by atoms with Crippen molar-refractivity contribution in [1.82, 2.24) is 4.90 Å². The van der Waals surface area contributed by atoms with E-state index < -0.39 is 16.5 Å². The highest BCUT2D eigenvalue weighted by atomic mass is 35.5. The van der Waals surface area contributed by atoms with Gasteiger partial charge in [0.1, 0.15) is 5.56 Å². The second-order valence-corrected chi connectivity index (χ2v) is 7.64. The van der Waals surface area contributed by atoms with Gasteiger partial charge in [-0.2, -0.15) is 0 Å². The minimum Gasteiger partial charge on any atom is -0.493 e. The maximum Gasteiger partial charge on any atom is 0.327 e. The predicted molar refractivity (Wildman–Crippen MR) is 122 cm³/mol. The number of hydrogen-bond donors (Lipinski definition) is 1. The van der Waals surface area contributed by atoms with E-state index in [0.717, 1.165) is 31.9 Å². The van der Waals surface area contributed by atoms with E-state index in [-0.39, 0.29) is 22.8 Å². The molecule has 2 aromatic carbocycles. The summed E-state index contributed by atoms with van der Waals surface area (Å²) in [6.07, 6.45) is 0. The molecule has 0 radical (unpaired) electrons. The van der Waals surface area contributed by atoms with Crippen LogP contribution in [0.5, 0.6) is 17.2 Å². The standard InChI is InChI=1S/C21H25ClN4O6/c1-24-7-9-25(10-8-24)16-6-5-13(22)11-15(16)23-21(27)14-12-17(30-2)19(31-3)20(32-4)18(14)26(28)29/h5-6,11-12H,7-10H2,1-4H3,(H,23,27). The number of likely N-dealkylation sites (N-methyl/N-ethyl adjacent to an activating group) is 1. The lowest BCUT2D eigenvalue weighted by Crippen LogP contribution is -2.44. The average Bonchev–Trinajstić information content (AvgIpc) is 2.78. The Morgan fingerprint density at radius 2 is 1.72 bits per heavy atom. The van der Waals surface area contributed by atoms with Crippen LogP contribution in [-0.2, 0) is 0 Å². The molecule has 0 bridgehead atoms. The minimum absolute atomic E-state index is 0.0270. The van der Waals surface area contributed by atoms with Crippen LogP contribution >= 0.6 is 11.6 Å². The van der Waals surface area contributed by atoms with E-state index in [1.807, 2.05) is 13.1 Å². The van der Waals surface area contributed by atoms with Gasteiger partial charge in [0.2, 0.25) is 11.5 Å². The number of rotatable bonds is 7. The molecule has 0 aromatic heterocycles. The molecular formula is C21H25ClN4O6. The summed E-state index contributed by atoms with van der Waals surface area (Å²) in [5, 5.41) is 15.0. The van der Waals surface area contributed by atoms with Crippen LogP contribution in [0, 0.1) is 10.1 Å². The van der Waals surface area contributed by atoms with Crippen LogP contribution < -0.4 is 24.4 Å². The van der Waals surface area contributed by atoms with Gasteiger partial charge >= 0.3 is 5.69 Å². The molecule has 1 aliphatic heterocycles. The number of ether oxygens (including phenoxy) is 3. The summed E-state index contributed by atoms with van der Waals surface area (Å²) in [6.45, 7) is 3.28. The number of anilines is 2. The smallest absolute Gasteiger partial charge is 0.327 e. The quantitative estimate of drug-likeness (QED) is 0.491. The molecule has 0 spiro atoms. The van der Waals surface area contributed by atoms with Crippen LogP contribution in [0.2, 0.25) is 5.02 Å². The Balaban J connectivity index is 2.04. The molecule has 0 unspecified atom stereocenters. The van der Waals surface area contributed by atoms with Gasteiger partial charge in [-0.3, -0.25) is 14.9 Å². The van der Waals surface area contributed by atoms with Crippen molar-refractivity contribution >= 4 is 34.6 Å². The van der Waals surface area contributed by atoms with Crippen LogP contribution in [-0.4, -0.2) is 70.3 Å². The molecule has 1 fully saturated rings. The van der Waals surface area contributed by atoms with E-state index in [9.17, 15) is 14.9 Å². The Labute approximate surface area is 190 Å². The van der Waals surface area contributed by atoms with Gasteiger partial charge in [0.25, 0.3) is 5.91 Å². The van der Waals surface area contributed by atoms with E-state index in [4.69, 9.17) is 25.8 Å². The summed E-state index contributed by atoms with van der Waals surface area (Å²) in [5.41, 5.74) is 0.487. The second-order valence-electron chi connectivity index (χ2n) is 7.20. The third-order valence-corrected chi connectivity index (χ3v) is 5.52. The molecule has 1 amide bonds. The van der Waals surface area contributed by atoms with Gasteiger partial charge in [-0.25, -0.2) is 0 Å². The third kappa shape index (κ3) is 4.66. The zero-order valence-electron chi connectivity index (χ0n) is 18.3. The SMILES string of the molecule is COc1cc(C(=O)Nc2cc(Cl)ccc2N2CCN(C)CC2)c([N+](=O)[O-])c(OC)c1OC. The van der Waals surface area contributed by atoms with Crippen LogP contribution in [0.4, 0.5) is 17.1 Å². The van der Waals surface area contributed by atoms with Crippen molar-refractivity contribution in [3.05, 3.63) is 45.0 Å². The van der Waals surface area contributed by atoms with Crippen LogP contribution in [0.25, 0.3) is 0 Å². The van der Waals surface area contributed by atoms with Crippen molar-refractivity contribution in [3.8, 4) is 17.2 Å². The second kappa shape index (κ2) is 9.92. The Morgan fingerprint density at radius 3 is 2.28 bits per heavy atom. The first-order valence-corrected chi connectivity index (χ1v) is 10.2. The molecule has 0 saturated carbocycles. The highest BCUT2D eigenvalue weighted by Gasteiger charge is 2.33. The number of piperazine rings is 1. The largest absolute Gasteiger partial charge is 0.493 e. The van der Waals surface area contributed by atoms with Gasteiger partial charge in [-0.05, 0) is 25.2 Å². The van der Waals surface area contributed by atoms with Crippen molar-refractivity contribution < 1.29 is 23.9 Å². The molecule has 1 aliphatic rings. The van der Waals surface area contributed by atoms with Crippen molar-refractivity contribution in [2.24, 2.45) is 0 Å². The number of nitrogens with one attached hydrogen (secondary N) is 1. The highest BCUT2D eigenvalue weighted by Crippen LogP contribution is 2.46. The Hall–Kier alpha value is -3.24. The summed E-state index contributed by atoms with van der Waals surface area (Å²) in [4.78, 5) is 28.7. The summed E-state index contributed by atoms with van der Waals surface area (Å²) in [7, 11) is 6.01. The molecule has 2 aromatic rings. The predicted octanol–water partition coefficient (Wildman–Crippen LogP) is 3.28. The van der Waals surface area contributed by atoms with E-state index in [0.29, 0.717) is 10.7 Å². The fourth-order valence-electron chi connectivity index (χ4n) is 3.62. The molecule has 3 rings (SSSR count). The van der Waals surface area contributed by atoms with E-state index in [1.54, 1.807) is 12.1 Å². The number of carbonyl (C=O) groups excluding carboxylic acids is 1. The lowest BCUT2D eigenvalue weighted by molar-refractivity contribution is -0.386.